The number of carboxylic acids is 1. The van der Waals surface area contributed by atoms with Crippen LogP contribution in [0.15, 0.2) is 23.8 Å². The third-order valence-corrected chi connectivity index (χ3v) is 4.40. The Morgan fingerprint density at radius 2 is 2.00 bits per heavy atom. The first-order valence-electron chi connectivity index (χ1n) is 6.99. The van der Waals surface area contributed by atoms with Crippen LogP contribution in [0.5, 0.6) is 0 Å². The van der Waals surface area contributed by atoms with E-state index in [1.165, 1.54) is 12.0 Å². The average molecular weight is 250 g/mol. The average Bonchev–Trinajstić information content (AvgIpc) is 2.32. The summed E-state index contributed by atoms with van der Waals surface area (Å²) >= 11 is 0. The van der Waals surface area contributed by atoms with Gasteiger partial charge in [-0.05, 0) is 56.8 Å². The smallest absolute Gasteiger partial charge is 0.331 e. The van der Waals surface area contributed by atoms with Gasteiger partial charge in [-0.15, -0.1) is 0 Å². The van der Waals surface area contributed by atoms with Gasteiger partial charge in [0.05, 0.1) is 0 Å². The summed E-state index contributed by atoms with van der Waals surface area (Å²) in [7, 11) is 0. The van der Waals surface area contributed by atoms with Gasteiger partial charge in [0.1, 0.15) is 0 Å². The molecule has 0 aliphatic heterocycles. The number of carbonyl (C=O) groups is 1. The first-order valence-corrected chi connectivity index (χ1v) is 6.99. The third-order valence-electron chi connectivity index (χ3n) is 4.40. The molecule has 2 nitrogen and oxygen atoms in total. The molecule has 3 unspecified atom stereocenters. The SMILES string of the molecule is C=C(C(=O)O)C1CC/C(C)=C/CCC(C)C(C)C1. The fourth-order valence-corrected chi connectivity index (χ4v) is 2.67. The Hall–Kier alpha value is -1.05. The lowest BCUT2D eigenvalue weighted by molar-refractivity contribution is -0.133. The maximum absolute atomic E-state index is 11.1. The van der Waals surface area contributed by atoms with Crippen LogP contribution in [-0.4, -0.2) is 11.1 Å². The van der Waals surface area contributed by atoms with Crippen molar-refractivity contribution in [3.63, 3.8) is 0 Å². The molecule has 0 heterocycles. The Morgan fingerprint density at radius 3 is 2.61 bits per heavy atom. The quantitative estimate of drug-likeness (QED) is 0.581. The Balaban J connectivity index is 2.81. The number of aliphatic carboxylic acids is 1. The summed E-state index contributed by atoms with van der Waals surface area (Å²) in [6.45, 7) is 10.4. The molecule has 0 bridgehead atoms. The predicted octanol–water partition coefficient (Wildman–Crippen LogP) is 4.43. The third kappa shape index (κ3) is 4.32. The minimum absolute atomic E-state index is 0.126. The van der Waals surface area contributed by atoms with Crippen LogP contribution in [0.25, 0.3) is 0 Å². The summed E-state index contributed by atoms with van der Waals surface area (Å²) in [5.74, 6) is 0.508. The van der Waals surface area contributed by atoms with E-state index in [9.17, 15) is 4.79 Å². The topological polar surface area (TPSA) is 37.3 Å². The van der Waals surface area contributed by atoms with Crippen molar-refractivity contribution in [3.8, 4) is 0 Å². The molecule has 102 valence electrons. The van der Waals surface area contributed by atoms with Gasteiger partial charge in [0.2, 0.25) is 0 Å². The van der Waals surface area contributed by atoms with E-state index in [1.54, 1.807) is 0 Å². The molecule has 1 N–H and O–H groups in total. The van der Waals surface area contributed by atoms with Gasteiger partial charge in [-0.1, -0.05) is 32.1 Å². The summed E-state index contributed by atoms with van der Waals surface area (Å²) in [5, 5.41) is 9.13. The summed E-state index contributed by atoms with van der Waals surface area (Å²) in [5.41, 5.74) is 1.78. The number of rotatable bonds is 2. The second-order valence-corrected chi connectivity index (χ2v) is 5.88. The molecule has 0 amide bonds. The molecule has 0 aromatic carbocycles. The van der Waals surface area contributed by atoms with E-state index >= 15 is 0 Å². The Kier molecular flexibility index (Phi) is 5.64. The highest BCUT2D eigenvalue weighted by Gasteiger charge is 2.23. The maximum atomic E-state index is 11.1. The van der Waals surface area contributed by atoms with E-state index < -0.39 is 5.97 Å². The van der Waals surface area contributed by atoms with Crippen LogP contribution < -0.4 is 0 Å². The second kappa shape index (κ2) is 6.77. The van der Waals surface area contributed by atoms with Gasteiger partial charge < -0.3 is 5.11 Å². The molecule has 0 saturated heterocycles. The standard InChI is InChI=1S/C16H26O2/c1-11-6-5-7-12(2)13(3)10-15(9-8-11)14(4)16(17)18/h6,12-13,15H,4-5,7-10H2,1-3H3,(H,17,18)/b11-6+. The van der Waals surface area contributed by atoms with Crippen LogP contribution in [0.4, 0.5) is 0 Å². The van der Waals surface area contributed by atoms with Crippen LogP contribution in [0.2, 0.25) is 0 Å². The summed E-state index contributed by atoms with van der Waals surface area (Å²) in [6.07, 6.45) is 7.55. The van der Waals surface area contributed by atoms with Crippen LogP contribution >= 0.6 is 0 Å². The van der Waals surface area contributed by atoms with Gasteiger partial charge in [0.25, 0.3) is 0 Å². The van der Waals surface area contributed by atoms with Gasteiger partial charge in [-0.2, -0.15) is 0 Å². The highest BCUT2D eigenvalue weighted by atomic mass is 16.4. The Morgan fingerprint density at radius 1 is 1.33 bits per heavy atom. The van der Waals surface area contributed by atoms with Crippen LogP contribution in [0, 0.1) is 17.8 Å². The first-order chi connectivity index (χ1) is 8.41. The van der Waals surface area contributed by atoms with Crippen molar-refractivity contribution < 1.29 is 9.90 Å². The highest BCUT2D eigenvalue weighted by Crippen LogP contribution is 2.32. The van der Waals surface area contributed by atoms with Crippen LogP contribution in [-0.2, 0) is 4.79 Å². The van der Waals surface area contributed by atoms with Gasteiger partial charge in [-0.3, -0.25) is 0 Å². The molecule has 2 heteroatoms. The highest BCUT2D eigenvalue weighted by molar-refractivity contribution is 5.86. The van der Waals surface area contributed by atoms with Crippen LogP contribution in [0.3, 0.4) is 0 Å². The minimum atomic E-state index is -0.835. The van der Waals surface area contributed by atoms with Crippen molar-refractivity contribution >= 4 is 5.97 Å². The Labute approximate surface area is 111 Å². The zero-order valence-electron chi connectivity index (χ0n) is 11.9. The van der Waals surface area contributed by atoms with E-state index in [1.807, 2.05) is 0 Å². The summed E-state index contributed by atoms with van der Waals surface area (Å²) < 4.78 is 0. The largest absolute Gasteiger partial charge is 0.478 e. The van der Waals surface area contributed by atoms with Gasteiger partial charge in [-0.25, -0.2) is 4.79 Å². The van der Waals surface area contributed by atoms with E-state index in [4.69, 9.17) is 5.11 Å². The molecule has 0 spiro atoms. The fourth-order valence-electron chi connectivity index (χ4n) is 2.67. The molecule has 0 radical (unpaired) electrons. The first kappa shape index (κ1) is 15.0. The molecule has 0 fully saturated rings. The fraction of sp³-hybridized carbons (Fsp3) is 0.688. The number of carboxylic acid groups (broad SMARTS) is 1. The zero-order valence-corrected chi connectivity index (χ0v) is 11.9. The lowest BCUT2D eigenvalue weighted by Gasteiger charge is -2.26. The number of hydrogen-bond donors (Lipinski definition) is 1. The number of allylic oxidation sites excluding steroid dienone is 2. The summed E-state index contributed by atoms with van der Waals surface area (Å²) in [4.78, 5) is 11.1. The van der Waals surface area contributed by atoms with Crippen molar-refractivity contribution in [1.29, 1.82) is 0 Å². The van der Waals surface area contributed by atoms with E-state index in [0.29, 0.717) is 17.4 Å². The molecule has 0 aromatic rings. The van der Waals surface area contributed by atoms with Crippen molar-refractivity contribution in [3.05, 3.63) is 23.8 Å². The Bertz CT molecular complexity index is 341. The normalized spacial score (nSPS) is 33.3. The molecule has 18 heavy (non-hydrogen) atoms. The zero-order chi connectivity index (χ0) is 13.7. The monoisotopic (exact) mass is 250 g/mol. The van der Waals surface area contributed by atoms with E-state index in [-0.39, 0.29) is 5.92 Å². The number of hydrogen-bond acceptors (Lipinski definition) is 1. The van der Waals surface area contributed by atoms with E-state index in [0.717, 1.165) is 25.7 Å². The lowest BCUT2D eigenvalue weighted by atomic mass is 9.79. The van der Waals surface area contributed by atoms with Gasteiger partial charge in [0, 0.05) is 5.57 Å². The van der Waals surface area contributed by atoms with Crippen molar-refractivity contribution in [2.45, 2.75) is 52.9 Å². The second-order valence-electron chi connectivity index (χ2n) is 5.88. The van der Waals surface area contributed by atoms with Gasteiger partial charge in [0.15, 0.2) is 0 Å². The molecule has 1 aliphatic carbocycles. The molecule has 0 saturated carbocycles. The molecule has 3 atom stereocenters. The predicted molar refractivity (Wildman–Crippen MR) is 75.4 cm³/mol. The summed E-state index contributed by atoms with van der Waals surface area (Å²) in [6, 6.07) is 0. The molecular weight excluding hydrogens is 224 g/mol. The molecular formula is C16H26O2. The van der Waals surface area contributed by atoms with E-state index in [2.05, 4.69) is 33.4 Å². The van der Waals surface area contributed by atoms with Crippen molar-refractivity contribution in [2.24, 2.45) is 17.8 Å². The van der Waals surface area contributed by atoms with Crippen molar-refractivity contribution in [2.75, 3.05) is 0 Å². The molecule has 1 aliphatic rings. The lowest BCUT2D eigenvalue weighted by Crippen LogP contribution is -2.19. The van der Waals surface area contributed by atoms with Crippen molar-refractivity contribution in [1.82, 2.24) is 0 Å². The maximum Gasteiger partial charge on any atom is 0.331 e. The molecule has 1 rings (SSSR count). The van der Waals surface area contributed by atoms with Crippen LogP contribution in [0.1, 0.15) is 52.9 Å². The minimum Gasteiger partial charge on any atom is -0.478 e. The van der Waals surface area contributed by atoms with Gasteiger partial charge >= 0.3 is 5.97 Å². The molecule has 0 aromatic heterocycles.